The van der Waals surface area contributed by atoms with Crippen LogP contribution in [0.4, 0.5) is 0 Å². The van der Waals surface area contributed by atoms with Crippen LogP contribution < -0.4 is 10.0 Å². The smallest absolute Gasteiger partial charge is 0.241 e. The monoisotopic (exact) mass is 393 g/mol. The first-order chi connectivity index (χ1) is 12.5. The third kappa shape index (κ3) is 4.37. The quantitative estimate of drug-likeness (QED) is 0.586. The number of sulfonamides is 1. The number of carbonyl (C=O) groups is 1. The third-order valence-corrected chi connectivity index (χ3v) is 5.25. The SMILES string of the molecule is O=C(Cn1nnc2ccccc21)NCCNS(=O)(=O)c1cccc(Cl)c1. The normalized spacial score (nSPS) is 11.6. The number of benzene rings is 2. The first-order valence-electron chi connectivity index (χ1n) is 7.76. The summed E-state index contributed by atoms with van der Waals surface area (Å²) in [6.45, 7) is 0.200. The number of hydrogen-bond donors (Lipinski definition) is 2. The molecule has 0 aliphatic heterocycles. The molecule has 136 valence electrons. The van der Waals surface area contributed by atoms with E-state index in [-0.39, 0.29) is 30.4 Å². The summed E-state index contributed by atoms with van der Waals surface area (Å²) in [4.78, 5) is 12.1. The molecule has 0 fully saturated rings. The molecule has 1 amide bonds. The Morgan fingerprint density at radius 1 is 1.12 bits per heavy atom. The zero-order valence-electron chi connectivity index (χ0n) is 13.6. The summed E-state index contributed by atoms with van der Waals surface area (Å²) >= 11 is 5.80. The minimum Gasteiger partial charge on any atom is -0.353 e. The zero-order chi connectivity index (χ0) is 18.6. The number of nitrogens with one attached hydrogen (secondary N) is 2. The molecule has 0 aliphatic rings. The average molecular weight is 394 g/mol. The number of fused-ring (bicyclic) bond motifs is 1. The standard InChI is InChI=1S/C16H16ClN5O3S/c17-12-4-3-5-13(10-12)26(24,25)19-9-8-18-16(23)11-22-15-7-2-1-6-14(15)20-21-22/h1-7,10,19H,8-9,11H2,(H,18,23). The van der Waals surface area contributed by atoms with Crippen LogP contribution in [0.5, 0.6) is 0 Å². The molecule has 1 heterocycles. The topological polar surface area (TPSA) is 106 Å². The predicted octanol–water partition coefficient (Wildman–Crippen LogP) is 1.18. The average Bonchev–Trinajstić information content (AvgIpc) is 3.02. The van der Waals surface area contributed by atoms with Crippen LogP contribution in [-0.2, 0) is 21.4 Å². The molecule has 0 saturated carbocycles. The summed E-state index contributed by atoms with van der Waals surface area (Å²) in [5.74, 6) is -0.289. The van der Waals surface area contributed by atoms with Gasteiger partial charge in [-0.2, -0.15) is 0 Å². The summed E-state index contributed by atoms with van der Waals surface area (Å²) in [5.41, 5.74) is 1.46. The Labute approximate surface area is 155 Å². The number of aromatic nitrogens is 3. The van der Waals surface area contributed by atoms with Gasteiger partial charge < -0.3 is 5.32 Å². The molecular formula is C16H16ClN5O3S. The lowest BCUT2D eigenvalue weighted by Crippen LogP contribution is -2.36. The molecule has 0 radical (unpaired) electrons. The van der Waals surface area contributed by atoms with E-state index in [1.165, 1.54) is 16.8 Å². The van der Waals surface area contributed by atoms with E-state index >= 15 is 0 Å². The highest BCUT2D eigenvalue weighted by Crippen LogP contribution is 2.14. The summed E-state index contributed by atoms with van der Waals surface area (Å²) in [7, 11) is -3.67. The number of carbonyl (C=O) groups excluding carboxylic acids is 1. The summed E-state index contributed by atoms with van der Waals surface area (Å²) in [6.07, 6.45) is 0. The lowest BCUT2D eigenvalue weighted by Gasteiger charge is -2.08. The van der Waals surface area contributed by atoms with E-state index in [4.69, 9.17) is 11.6 Å². The van der Waals surface area contributed by atoms with Crippen LogP contribution in [-0.4, -0.2) is 42.4 Å². The minimum absolute atomic E-state index is 0.00154. The van der Waals surface area contributed by atoms with Crippen molar-refractivity contribution in [2.75, 3.05) is 13.1 Å². The number of rotatable bonds is 7. The molecule has 26 heavy (non-hydrogen) atoms. The van der Waals surface area contributed by atoms with E-state index in [1.807, 2.05) is 18.2 Å². The van der Waals surface area contributed by atoms with Crippen LogP contribution in [0.1, 0.15) is 0 Å². The molecule has 2 aromatic carbocycles. The van der Waals surface area contributed by atoms with Gasteiger partial charge in [0.15, 0.2) is 0 Å². The number of para-hydroxylation sites is 1. The van der Waals surface area contributed by atoms with Crippen molar-refractivity contribution in [3.8, 4) is 0 Å². The van der Waals surface area contributed by atoms with E-state index < -0.39 is 10.0 Å². The highest BCUT2D eigenvalue weighted by atomic mass is 35.5. The van der Waals surface area contributed by atoms with Gasteiger partial charge >= 0.3 is 0 Å². The van der Waals surface area contributed by atoms with Crippen molar-refractivity contribution in [2.24, 2.45) is 0 Å². The zero-order valence-corrected chi connectivity index (χ0v) is 15.2. The summed E-state index contributed by atoms with van der Waals surface area (Å²) in [6, 6.07) is 13.3. The van der Waals surface area contributed by atoms with Gasteiger partial charge in [-0.05, 0) is 30.3 Å². The van der Waals surface area contributed by atoms with E-state index in [1.54, 1.807) is 18.2 Å². The maximum atomic E-state index is 12.1. The molecule has 10 heteroatoms. The van der Waals surface area contributed by atoms with Gasteiger partial charge in [-0.3, -0.25) is 4.79 Å². The second kappa shape index (κ2) is 7.81. The Balaban J connectivity index is 1.49. The van der Waals surface area contributed by atoms with Gasteiger partial charge in [-0.25, -0.2) is 17.8 Å². The van der Waals surface area contributed by atoms with Gasteiger partial charge in [-0.1, -0.05) is 35.0 Å². The van der Waals surface area contributed by atoms with Crippen LogP contribution >= 0.6 is 11.6 Å². The van der Waals surface area contributed by atoms with E-state index in [9.17, 15) is 13.2 Å². The Morgan fingerprint density at radius 2 is 1.92 bits per heavy atom. The van der Waals surface area contributed by atoms with E-state index in [0.717, 1.165) is 5.52 Å². The Kier molecular flexibility index (Phi) is 5.50. The Morgan fingerprint density at radius 3 is 2.73 bits per heavy atom. The molecule has 8 nitrogen and oxygen atoms in total. The lowest BCUT2D eigenvalue weighted by atomic mass is 10.3. The van der Waals surface area contributed by atoms with Crippen molar-refractivity contribution in [2.45, 2.75) is 11.4 Å². The molecule has 3 aromatic rings. The molecule has 0 bridgehead atoms. The number of nitrogens with zero attached hydrogens (tertiary/aromatic N) is 3. The van der Waals surface area contributed by atoms with Crippen molar-refractivity contribution >= 4 is 38.6 Å². The molecule has 0 aliphatic carbocycles. The number of hydrogen-bond acceptors (Lipinski definition) is 5. The molecule has 0 spiro atoms. The van der Waals surface area contributed by atoms with Gasteiger partial charge in [0, 0.05) is 18.1 Å². The second-order valence-electron chi connectivity index (χ2n) is 5.44. The fourth-order valence-corrected chi connectivity index (χ4v) is 3.66. The van der Waals surface area contributed by atoms with Crippen molar-refractivity contribution in [3.05, 3.63) is 53.6 Å². The number of halogens is 1. The molecule has 1 aromatic heterocycles. The second-order valence-corrected chi connectivity index (χ2v) is 7.64. The molecule has 2 N–H and O–H groups in total. The summed E-state index contributed by atoms with van der Waals surface area (Å²) in [5, 5.41) is 10.9. The van der Waals surface area contributed by atoms with Crippen molar-refractivity contribution in [1.29, 1.82) is 0 Å². The van der Waals surface area contributed by atoms with Crippen molar-refractivity contribution in [1.82, 2.24) is 25.0 Å². The maximum Gasteiger partial charge on any atom is 0.241 e. The van der Waals surface area contributed by atoms with Crippen LogP contribution in [0.15, 0.2) is 53.4 Å². The van der Waals surface area contributed by atoms with Crippen molar-refractivity contribution < 1.29 is 13.2 Å². The van der Waals surface area contributed by atoms with Gasteiger partial charge in [0.2, 0.25) is 15.9 Å². The van der Waals surface area contributed by atoms with Gasteiger partial charge in [0.1, 0.15) is 12.1 Å². The van der Waals surface area contributed by atoms with Gasteiger partial charge in [0.25, 0.3) is 0 Å². The molecule has 0 atom stereocenters. The fraction of sp³-hybridized carbons (Fsp3) is 0.188. The van der Waals surface area contributed by atoms with Crippen LogP contribution in [0.3, 0.4) is 0 Å². The van der Waals surface area contributed by atoms with Crippen LogP contribution in [0.25, 0.3) is 11.0 Å². The van der Waals surface area contributed by atoms with E-state index in [0.29, 0.717) is 10.5 Å². The Hall–Kier alpha value is -2.49. The molecule has 0 unspecified atom stereocenters. The Bertz CT molecular complexity index is 1040. The molecule has 0 saturated heterocycles. The largest absolute Gasteiger partial charge is 0.353 e. The highest BCUT2D eigenvalue weighted by molar-refractivity contribution is 7.89. The molecular weight excluding hydrogens is 378 g/mol. The fourth-order valence-electron chi connectivity index (χ4n) is 2.33. The van der Waals surface area contributed by atoms with E-state index in [2.05, 4.69) is 20.4 Å². The van der Waals surface area contributed by atoms with Crippen LogP contribution in [0, 0.1) is 0 Å². The van der Waals surface area contributed by atoms with Crippen molar-refractivity contribution in [3.63, 3.8) is 0 Å². The third-order valence-electron chi connectivity index (χ3n) is 3.56. The summed E-state index contributed by atoms with van der Waals surface area (Å²) < 4.78 is 28.2. The first kappa shape index (κ1) is 18.3. The lowest BCUT2D eigenvalue weighted by molar-refractivity contribution is -0.121. The highest BCUT2D eigenvalue weighted by Gasteiger charge is 2.14. The first-order valence-corrected chi connectivity index (χ1v) is 9.62. The van der Waals surface area contributed by atoms with Gasteiger partial charge in [0.05, 0.1) is 10.4 Å². The van der Waals surface area contributed by atoms with Gasteiger partial charge in [-0.15, -0.1) is 5.10 Å². The minimum atomic E-state index is -3.67. The van der Waals surface area contributed by atoms with Crippen LogP contribution in [0.2, 0.25) is 5.02 Å². The predicted molar refractivity (Wildman–Crippen MR) is 97.2 cm³/mol. The maximum absolute atomic E-state index is 12.1. The molecule has 3 rings (SSSR count). The number of amides is 1.